The molecular formula is C24H38N4O3S. The molecule has 0 saturated carbocycles. The van der Waals surface area contributed by atoms with Crippen LogP contribution in [0.25, 0.3) is 0 Å². The van der Waals surface area contributed by atoms with Crippen LogP contribution in [-0.2, 0) is 28.0 Å². The van der Waals surface area contributed by atoms with Crippen LogP contribution in [0.3, 0.4) is 0 Å². The van der Waals surface area contributed by atoms with E-state index in [2.05, 4.69) is 34.5 Å². The van der Waals surface area contributed by atoms with E-state index in [-0.39, 0.29) is 11.8 Å². The van der Waals surface area contributed by atoms with Crippen LogP contribution in [0.2, 0.25) is 0 Å². The Balaban J connectivity index is 1.21. The van der Waals surface area contributed by atoms with E-state index in [4.69, 9.17) is 0 Å². The molecule has 0 radical (unpaired) electrons. The lowest BCUT2D eigenvalue weighted by molar-refractivity contribution is -0.126. The SMILES string of the molecule is O=C(NCCCN1CCc2ccccc2C1)[C@@H]1CCCN(S(=O)(=O)N2CCCCCC2)C1. The number of hydrogen-bond acceptors (Lipinski definition) is 4. The Morgan fingerprint density at radius 3 is 2.44 bits per heavy atom. The highest BCUT2D eigenvalue weighted by molar-refractivity contribution is 7.86. The molecule has 3 heterocycles. The Morgan fingerprint density at radius 1 is 0.938 bits per heavy atom. The molecule has 1 N–H and O–H groups in total. The summed E-state index contributed by atoms with van der Waals surface area (Å²) < 4.78 is 29.4. The number of nitrogens with one attached hydrogen (secondary N) is 1. The first-order valence-corrected chi connectivity index (χ1v) is 13.8. The van der Waals surface area contributed by atoms with Crippen molar-refractivity contribution in [1.29, 1.82) is 0 Å². The number of amides is 1. The van der Waals surface area contributed by atoms with Gasteiger partial charge >= 0.3 is 0 Å². The van der Waals surface area contributed by atoms with Gasteiger partial charge in [0, 0.05) is 52.4 Å². The Bertz CT molecular complexity index is 868. The molecule has 2 fully saturated rings. The average molecular weight is 463 g/mol. The van der Waals surface area contributed by atoms with Crippen molar-refractivity contribution >= 4 is 16.1 Å². The second-order valence-corrected chi connectivity index (χ2v) is 11.4. The maximum atomic E-state index is 13.1. The monoisotopic (exact) mass is 462 g/mol. The van der Waals surface area contributed by atoms with Crippen molar-refractivity contribution in [3.63, 3.8) is 0 Å². The summed E-state index contributed by atoms with van der Waals surface area (Å²) in [5.41, 5.74) is 2.87. The maximum Gasteiger partial charge on any atom is 0.281 e. The molecule has 0 bridgehead atoms. The summed E-state index contributed by atoms with van der Waals surface area (Å²) in [5, 5.41) is 3.07. The largest absolute Gasteiger partial charge is 0.356 e. The molecule has 32 heavy (non-hydrogen) atoms. The van der Waals surface area contributed by atoms with Gasteiger partial charge in [0.05, 0.1) is 5.92 Å². The number of carbonyl (C=O) groups excluding carboxylic acids is 1. The van der Waals surface area contributed by atoms with Crippen LogP contribution in [-0.4, -0.2) is 73.6 Å². The molecule has 1 amide bonds. The smallest absolute Gasteiger partial charge is 0.281 e. The van der Waals surface area contributed by atoms with Crippen LogP contribution in [0.15, 0.2) is 24.3 Å². The third-order valence-corrected chi connectivity index (χ3v) is 9.13. The van der Waals surface area contributed by atoms with E-state index in [9.17, 15) is 13.2 Å². The Kier molecular flexibility index (Phi) is 8.21. The summed E-state index contributed by atoms with van der Waals surface area (Å²) in [5.74, 6) is -0.239. The molecule has 0 unspecified atom stereocenters. The molecule has 4 rings (SSSR count). The van der Waals surface area contributed by atoms with Crippen molar-refractivity contribution in [2.45, 2.75) is 57.9 Å². The zero-order valence-corrected chi connectivity index (χ0v) is 20.0. The second-order valence-electron chi connectivity index (χ2n) is 9.46. The lowest BCUT2D eigenvalue weighted by Crippen LogP contribution is -2.50. The molecule has 1 aromatic carbocycles. The quantitative estimate of drug-likeness (QED) is 0.632. The predicted octanol–water partition coefficient (Wildman–Crippen LogP) is 2.38. The van der Waals surface area contributed by atoms with Crippen LogP contribution in [0.4, 0.5) is 0 Å². The van der Waals surface area contributed by atoms with Gasteiger partial charge in [0.2, 0.25) is 5.91 Å². The number of fused-ring (bicyclic) bond motifs is 1. The number of rotatable bonds is 7. The zero-order valence-electron chi connectivity index (χ0n) is 19.2. The highest BCUT2D eigenvalue weighted by Crippen LogP contribution is 2.23. The fraction of sp³-hybridized carbons (Fsp3) is 0.708. The van der Waals surface area contributed by atoms with E-state index in [0.29, 0.717) is 32.7 Å². The van der Waals surface area contributed by atoms with E-state index < -0.39 is 10.2 Å². The summed E-state index contributed by atoms with van der Waals surface area (Å²) in [4.78, 5) is 15.2. The van der Waals surface area contributed by atoms with Gasteiger partial charge in [-0.2, -0.15) is 17.0 Å². The van der Waals surface area contributed by atoms with Crippen LogP contribution in [0.1, 0.15) is 56.1 Å². The average Bonchev–Trinajstić information content (AvgIpc) is 3.12. The number of carbonyl (C=O) groups is 1. The summed E-state index contributed by atoms with van der Waals surface area (Å²) in [6.07, 6.45) is 7.57. The number of nitrogens with zero attached hydrogens (tertiary/aromatic N) is 3. The van der Waals surface area contributed by atoms with Gasteiger partial charge in [0.1, 0.15) is 0 Å². The maximum absolute atomic E-state index is 13.1. The number of hydrogen-bond donors (Lipinski definition) is 1. The van der Waals surface area contributed by atoms with Crippen molar-refractivity contribution < 1.29 is 13.2 Å². The predicted molar refractivity (Wildman–Crippen MR) is 126 cm³/mol. The first kappa shape index (κ1) is 23.7. The molecule has 0 aliphatic carbocycles. The fourth-order valence-electron chi connectivity index (χ4n) is 5.21. The van der Waals surface area contributed by atoms with Crippen molar-refractivity contribution in [2.75, 3.05) is 45.8 Å². The third kappa shape index (κ3) is 5.90. The van der Waals surface area contributed by atoms with Gasteiger partial charge in [0.25, 0.3) is 10.2 Å². The molecule has 3 aliphatic rings. The molecule has 0 aromatic heterocycles. The first-order valence-electron chi connectivity index (χ1n) is 12.4. The van der Waals surface area contributed by atoms with Gasteiger partial charge in [-0.05, 0) is 49.7 Å². The van der Waals surface area contributed by atoms with Gasteiger partial charge in [-0.1, -0.05) is 37.1 Å². The highest BCUT2D eigenvalue weighted by atomic mass is 32.2. The molecule has 178 valence electrons. The van der Waals surface area contributed by atoms with E-state index in [1.165, 1.54) is 11.1 Å². The van der Waals surface area contributed by atoms with E-state index in [1.54, 1.807) is 8.61 Å². The lowest BCUT2D eigenvalue weighted by atomic mass is 9.99. The van der Waals surface area contributed by atoms with Crippen LogP contribution >= 0.6 is 0 Å². The number of benzene rings is 1. The van der Waals surface area contributed by atoms with Crippen molar-refractivity contribution in [1.82, 2.24) is 18.8 Å². The van der Waals surface area contributed by atoms with Gasteiger partial charge < -0.3 is 5.32 Å². The van der Waals surface area contributed by atoms with Gasteiger partial charge in [0.15, 0.2) is 0 Å². The van der Waals surface area contributed by atoms with Crippen LogP contribution in [0.5, 0.6) is 0 Å². The van der Waals surface area contributed by atoms with Crippen molar-refractivity contribution in [3.05, 3.63) is 35.4 Å². The first-order chi connectivity index (χ1) is 15.5. The molecule has 7 nitrogen and oxygen atoms in total. The van der Waals surface area contributed by atoms with E-state index >= 15 is 0 Å². The molecule has 1 atom stereocenters. The fourth-order valence-corrected chi connectivity index (χ4v) is 6.98. The minimum Gasteiger partial charge on any atom is -0.356 e. The van der Waals surface area contributed by atoms with Crippen molar-refractivity contribution in [3.8, 4) is 0 Å². The van der Waals surface area contributed by atoms with Gasteiger partial charge in [-0.15, -0.1) is 0 Å². The minimum atomic E-state index is -3.46. The molecule has 1 aromatic rings. The normalized spacial score (nSPS) is 23.9. The third-order valence-electron chi connectivity index (χ3n) is 7.13. The second kappa shape index (κ2) is 11.1. The summed E-state index contributed by atoms with van der Waals surface area (Å²) >= 11 is 0. The Hall–Kier alpha value is -1.48. The Morgan fingerprint density at radius 2 is 1.66 bits per heavy atom. The zero-order chi connectivity index (χ0) is 22.4. The molecule has 0 spiro atoms. The standard InChI is InChI=1S/C24H38N4O3S/c29-24(25-13-8-14-26-18-12-21-9-3-4-10-22(21)19-26)23-11-7-17-28(20-23)32(30,31)27-15-5-1-2-6-16-27/h3-4,9-10,23H,1-2,5-8,11-20H2,(H,25,29)/t23-/m1/s1. The summed E-state index contributed by atoms with van der Waals surface area (Å²) in [6, 6.07) is 8.63. The Labute approximate surface area is 193 Å². The molecule has 8 heteroatoms. The van der Waals surface area contributed by atoms with E-state index in [0.717, 1.165) is 71.0 Å². The highest BCUT2D eigenvalue weighted by Gasteiger charge is 2.35. The van der Waals surface area contributed by atoms with Gasteiger partial charge in [-0.25, -0.2) is 0 Å². The molecule has 2 saturated heterocycles. The van der Waals surface area contributed by atoms with Gasteiger partial charge in [-0.3, -0.25) is 9.69 Å². The molecule has 3 aliphatic heterocycles. The van der Waals surface area contributed by atoms with Crippen LogP contribution in [0, 0.1) is 5.92 Å². The minimum absolute atomic E-state index is 0.00440. The summed E-state index contributed by atoms with van der Waals surface area (Å²) in [7, 11) is -3.46. The topological polar surface area (TPSA) is 73.0 Å². The molecular weight excluding hydrogens is 424 g/mol. The van der Waals surface area contributed by atoms with Crippen LogP contribution < -0.4 is 5.32 Å². The summed E-state index contributed by atoms with van der Waals surface area (Å²) in [6.45, 7) is 5.72. The number of piperidine rings is 1. The van der Waals surface area contributed by atoms with E-state index in [1.807, 2.05) is 0 Å². The lowest BCUT2D eigenvalue weighted by Gasteiger charge is -2.34. The van der Waals surface area contributed by atoms with Crippen molar-refractivity contribution in [2.24, 2.45) is 5.92 Å².